The smallest absolute Gasteiger partial charge is 0.260 e. The maximum atomic E-state index is 14.0. The number of rotatable bonds is 3. The van der Waals surface area contributed by atoms with Gasteiger partial charge in [0.25, 0.3) is 5.90 Å². The number of hydrogen-bond acceptors (Lipinski definition) is 6. The van der Waals surface area contributed by atoms with E-state index in [1.54, 1.807) is 0 Å². The van der Waals surface area contributed by atoms with Crippen LogP contribution >= 0.6 is 0 Å². The van der Waals surface area contributed by atoms with E-state index < -0.39 is 37.1 Å². The molecule has 1 aromatic rings. The minimum atomic E-state index is -1.70. The van der Waals surface area contributed by atoms with Gasteiger partial charge in [0, 0.05) is 0 Å². The number of aromatic amines is 1. The maximum Gasteiger partial charge on any atom is 0.260 e. The molecule has 4 atom stereocenters. The summed E-state index contributed by atoms with van der Waals surface area (Å²) >= 11 is 0. The topological polar surface area (TPSA) is 150 Å². The Morgan fingerprint density at radius 1 is 1.71 bits per heavy atom. The molecular weight excluding hydrogens is 285 g/mol. The highest BCUT2D eigenvalue weighted by molar-refractivity contribution is 5.98. The molecule has 0 amide bonds. The number of imidazole rings is 1. The van der Waals surface area contributed by atoms with Crippen LogP contribution in [0.5, 0.6) is 0 Å². The van der Waals surface area contributed by atoms with Gasteiger partial charge in [-0.2, -0.15) is 4.99 Å². The molecule has 0 saturated carbocycles. The van der Waals surface area contributed by atoms with Crippen molar-refractivity contribution in [1.29, 1.82) is 5.41 Å². The fraction of sp³-hybridized carbons (Fsp3) is 0.545. The predicted molar refractivity (Wildman–Crippen MR) is 69.7 cm³/mol. The zero-order chi connectivity index (χ0) is 15.6. The summed E-state index contributed by atoms with van der Waals surface area (Å²) in [6, 6.07) is 0. The lowest BCUT2D eigenvalue weighted by Crippen LogP contribution is -2.30. The van der Waals surface area contributed by atoms with Crippen molar-refractivity contribution >= 4 is 11.9 Å². The first-order valence-electron chi connectivity index (χ1n) is 6.08. The summed E-state index contributed by atoms with van der Waals surface area (Å²) in [5, 5.41) is 25.7. The number of hydrogen-bond donors (Lipinski definition) is 5. The van der Waals surface area contributed by atoms with E-state index in [1.165, 1.54) is 13.3 Å². The minimum Gasteiger partial charge on any atom is -0.478 e. The van der Waals surface area contributed by atoms with Gasteiger partial charge in [-0.25, -0.2) is 9.37 Å². The van der Waals surface area contributed by atoms with Crippen molar-refractivity contribution in [3.05, 3.63) is 17.7 Å². The van der Waals surface area contributed by atoms with E-state index in [0.29, 0.717) is 0 Å². The standard InChI is InChI=1S/C11H16FN5O4/c1-20-10(17-11(13)14)9-15-2-4(16-9)8-6(12)7(19)5(3-18)21-8/h2,5-8,18-19H,3H2,1H3,(H3,13,14)(H,15,16)/t5-,6-,7-,8+/m1/s1. The predicted octanol–water partition coefficient (Wildman–Crippen LogP) is -1.17. The van der Waals surface area contributed by atoms with Gasteiger partial charge in [-0.15, -0.1) is 0 Å². The van der Waals surface area contributed by atoms with Crippen LogP contribution in [-0.2, 0) is 9.47 Å². The Morgan fingerprint density at radius 2 is 2.43 bits per heavy atom. The van der Waals surface area contributed by atoms with Gasteiger partial charge in [0.1, 0.15) is 18.3 Å². The number of H-pyrrole nitrogens is 1. The molecule has 21 heavy (non-hydrogen) atoms. The fourth-order valence-electron chi connectivity index (χ4n) is 2.02. The van der Waals surface area contributed by atoms with Crippen LogP contribution in [0.15, 0.2) is 11.2 Å². The fourth-order valence-corrected chi connectivity index (χ4v) is 2.02. The summed E-state index contributed by atoms with van der Waals surface area (Å²) in [4.78, 5) is 10.3. The van der Waals surface area contributed by atoms with Crippen LogP contribution in [-0.4, -0.2) is 64.1 Å². The normalized spacial score (nSPS) is 29.6. The second-order valence-electron chi connectivity index (χ2n) is 4.41. The third kappa shape index (κ3) is 3.01. The molecule has 1 fully saturated rings. The molecule has 1 aliphatic heterocycles. The average molecular weight is 301 g/mol. The van der Waals surface area contributed by atoms with Gasteiger partial charge in [0.15, 0.2) is 12.0 Å². The molecule has 1 aliphatic rings. The number of aliphatic hydroxyl groups is 2. The number of nitrogens with zero attached hydrogens (tertiary/aromatic N) is 2. The first kappa shape index (κ1) is 15.4. The molecule has 1 saturated heterocycles. The SMILES string of the molecule is COC(=NC(=N)N)c1ncc([C@@H]2O[C@H](CO)[C@@H](O)[C@H]2F)[nH]1. The molecule has 9 nitrogen and oxygen atoms in total. The number of aliphatic imine (C=N–C) groups is 1. The molecule has 1 aromatic heterocycles. The van der Waals surface area contributed by atoms with Crippen molar-refractivity contribution in [2.45, 2.75) is 24.5 Å². The highest BCUT2D eigenvalue weighted by Crippen LogP contribution is 2.34. The van der Waals surface area contributed by atoms with Gasteiger partial charge in [-0.05, 0) is 0 Å². The van der Waals surface area contributed by atoms with Crippen LogP contribution in [0.3, 0.4) is 0 Å². The number of guanidine groups is 1. The first-order chi connectivity index (χ1) is 9.97. The Bertz CT molecular complexity index is 548. The van der Waals surface area contributed by atoms with E-state index in [2.05, 4.69) is 15.0 Å². The molecule has 0 spiro atoms. The zero-order valence-electron chi connectivity index (χ0n) is 11.2. The van der Waals surface area contributed by atoms with Crippen molar-refractivity contribution in [2.24, 2.45) is 10.7 Å². The van der Waals surface area contributed by atoms with Crippen molar-refractivity contribution in [2.75, 3.05) is 13.7 Å². The molecule has 6 N–H and O–H groups in total. The Morgan fingerprint density at radius 3 is 2.95 bits per heavy atom. The second-order valence-corrected chi connectivity index (χ2v) is 4.41. The largest absolute Gasteiger partial charge is 0.478 e. The number of alkyl halides is 1. The van der Waals surface area contributed by atoms with Crippen LogP contribution in [0, 0.1) is 5.41 Å². The van der Waals surface area contributed by atoms with E-state index in [1.807, 2.05) is 0 Å². The zero-order valence-corrected chi connectivity index (χ0v) is 11.2. The summed E-state index contributed by atoms with van der Waals surface area (Å²) in [7, 11) is 1.32. The maximum absolute atomic E-state index is 14.0. The van der Waals surface area contributed by atoms with Crippen LogP contribution in [0.1, 0.15) is 17.6 Å². The quantitative estimate of drug-likeness (QED) is 0.350. The lowest BCUT2D eigenvalue weighted by molar-refractivity contribution is -0.0236. The lowest BCUT2D eigenvalue weighted by Gasteiger charge is -2.10. The summed E-state index contributed by atoms with van der Waals surface area (Å²) in [5.41, 5.74) is 5.39. The minimum absolute atomic E-state index is 0.0404. The van der Waals surface area contributed by atoms with Gasteiger partial charge in [-0.3, -0.25) is 5.41 Å². The van der Waals surface area contributed by atoms with Crippen LogP contribution in [0.2, 0.25) is 0 Å². The molecule has 0 aliphatic carbocycles. The third-order valence-corrected chi connectivity index (χ3v) is 3.02. The molecule has 0 radical (unpaired) electrons. The number of aromatic nitrogens is 2. The van der Waals surface area contributed by atoms with Crippen LogP contribution in [0.4, 0.5) is 4.39 Å². The van der Waals surface area contributed by atoms with Gasteiger partial charge < -0.3 is 30.4 Å². The van der Waals surface area contributed by atoms with E-state index in [9.17, 15) is 9.50 Å². The third-order valence-electron chi connectivity index (χ3n) is 3.02. The Kier molecular flexibility index (Phi) is 4.50. The lowest BCUT2D eigenvalue weighted by atomic mass is 10.1. The van der Waals surface area contributed by atoms with Gasteiger partial charge in [0.05, 0.1) is 25.6 Å². The number of halogens is 1. The molecule has 0 unspecified atom stereocenters. The first-order valence-corrected chi connectivity index (χ1v) is 6.08. The van der Waals surface area contributed by atoms with Gasteiger partial charge in [0.2, 0.25) is 5.96 Å². The Hall–Kier alpha value is -2.04. The summed E-state index contributed by atoms with van der Waals surface area (Å²) < 4.78 is 24.1. The molecular formula is C11H16FN5O4. The monoisotopic (exact) mass is 301 g/mol. The number of aliphatic hydroxyl groups excluding tert-OH is 2. The number of nitrogens with two attached hydrogens (primary N) is 1. The molecule has 0 bridgehead atoms. The summed E-state index contributed by atoms with van der Waals surface area (Å²) in [6.45, 7) is -0.492. The van der Waals surface area contributed by atoms with Gasteiger partial charge in [-0.1, -0.05) is 0 Å². The van der Waals surface area contributed by atoms with E-state index in [-0.39, 0.29) is 17.4 Å². The molecule has 0 aromatic carbocycles. The Balaban J connectivity index is 2.22. The number of ether oxygens (including phenoxy) is 2. The van der Waals surface area contributed by atoms with Crippen molar-refractivity contribution in [1.82, 2.24) is 9.97 Å². The summed E-state index contributed by atoms with van der Waals surface area (Å²) in [5.74, 6) is -0.372. The van der Waals surface area contributed by atoms with E-state index in [4.69, 9.17) is 25.7 Å². The Labute approximate surface area is 119 Å². The molecule has 10 heteroatoms. The number of nitrogens with one attached hydrogen (secondary N) is 2. The molecule has 2 heterocycles. The highest BCUT2D eigenvalue weighted by Gasteiger charge is 2.45. The molecule has 2 rings (SSSR count). The number of methoxy groups -OCH3 is 1. The molecule has 116 valence electrons. The van der Waals surface area contributed by atoms with Crippen molar-refractivity contribution in [3.63, 3.8) is 0 Å². The second kappa shape index (κ2) is 6.16. The van der Waals surface area contributed by atoms with Gasteiger partial charge >= 0.3 is 0 Å². The highest BCUT2D eigenvalue weighted by atomic mass is 19.1. The van der Waals surface area contributed by atoms with Crippen LogP contribution in [0.25, 0.3) is 0 Å². The average Bonchev–Trinajstić information content (AvgIpc) is 3.03. The van der Waals surface area contributed by atoms with Crippen molar-refractivity contribution < 1.29 is 24.1 Å². The van der Waals surface area contributed by atoms with E-state index >= 15 is 0 Å². The van der Waals surface area contributed by atoms with Crippen LogP contribution < -0.4 is 5.73 Å². The summed E-state index contributed by atoms with van der Waals surface area (Å²) in [6.07, 6.45) is -3.91. The van der Waals surface area contributed by atoms with Crippen molar-refractivity contribution in [3.8, 4) is 0 Å². The van der Waals surface area contributed by atoms with E-state index in [0.717, 1.165) is 0 Å².